The van der Waals surface area contributed by atoms with Gasteiger partial charge in [0.05, 0.1) is 0 Å². The molecule has 0 spiro atoms. The van der Waals surface area contributed by atoms with Crippen LogP contribution in [0.1, 0.15) is 25.7 Å². The first-order chi connectivity index (χ1) is 5.88. The maximum absolute atomic E-state index is 8.77. The molecule has 0 aromatic heterocycles. The van der Waals surface area contributed by atoms with Gasteiger partial charge >= 0.3 is 0 Å². The number of allylic oxidation sites excluding steroid dienone is 2. The van der Waals surface area contributed by atoms with Gasteiger partial charge in [0.1, 0.15) is 0 Å². The Bertz CT molecular complexity index is 170. The van der Waals surface area contributed by atoms with Gasteiger partial charge < -0.3 is 10.2 Å². The molecule has 1 aliphatic carbocycles. The smallest absolute Gasteiger partial charge is 0.0471 e. The second kappa shape index (κ2) is 5.12. The summed E-state index contributed by atoms with van der Waals surface area (Å²) in [5, 5.41) is 17.5. The summed E-state index contributed by atoms with van der Waals surface area (Å²) in [5.74, 6) is 0. The van der Waals surface area contributed by atoms with Crippen molar-refractivity contribution >= 4 is 0 Å². The van der Waals surface area contributed by atoms with Crippen molar-refractivity contribution in [1.82, 2.24) is 0 Å². The highest BCUT2D eigenvalue weighted by Crippen LogP contribution is 2.23. The highest BCUT2D eigenvalue weighted by atomic mass is 16.3. The molecule has 0 saturated heterocycles. The predicted molar refractivity (Wildman–Crippen MR) is 48.8 cm³/mol. The Hall–Kier alpha value is -0.600. The molecule has 1 rings (SSSR count). The van der Waals surface area contributed by atoms with Crippen LogP contribution in [0, 0.1) is 0 Å². The Morgan fingerprint density at radius 3 is 1.67 bits per heavy atom. The normalized spacial score (nSPS) is 17.2. The summed E-state index contributed by atoms with van der Waals surface area (Å²) in [6.45, 7) is 0.406. The van der Waals surface area contributed by atoms with E-state index in [2.05, 4.69) is 12.2 Å². The Morgan fingerprint density at radius 2 is 1.33 bits per heavy atom. The van der Waals surface area contributed by atoms with E-state index in [-0.39, 0.29) is 13.2 Å². The molecule has 2 nitrogen and oxygen atoms in total. The van der Waals surface area contributed by atoms with E-state index < -0.39 is 0 Å². The summed E-state index contributed by atoms with van der Waals surface area (Å²) in [6, 6.07) is 0. The van der Waals surface area contributed by atoms with Crippen LogP contribution >= 0.6 is 0 Å². The summed E-state index contributed by atoms with van der Waals surface area (Å²) >= 11 is 0. The number of hydrogen-bond acceptors (Lipinski definition) is 2. The molecule has 0 atom stereocenters. The molecule has 0 aliphatic heterocycles. The lowest BCUT2D eigenvalue weighted by atomic mass is 9.93. The second-order valence-corrected chi connectivity index (χ2v) is 2.98. The number of aliphatic hydroxyl groups is 2. The van der Waals surface area contributed by atoms with Crippen LogP contribution < -0.4 is 0 Å². The van der Waals surface area contributed by atoms with Gasteiger partial charge in [0, 0.05) is 13.2 Å². The lowest BCUT2D eigenvalue weighted by Crippen LogP contribution is -2.00. The highest BCUT2D eigenvalue weighted by Gasteiger charge is 2.06. The van der Waals surface area contributed by atoms with Crippen molar-refractivity contribution in [2.24, 2.45) is 0 Å². The minimum absolute atomic E-state index is 0.203. The topological polar surface area (TPSA) is 40.5 Å². The highest BCUT2D eigenvalue weighted by molar-refractivity contribution is 5.33. The van der Waals surface area contributed by atoms with Crippen LogP contribution in [0.5, 0.6) is 0 Å². The zero-order chi connectivity index (χ0) is 8.81. The van der Waals surface area contributed by atoms with E-state index in [1.807, 2.05) is 0 Å². The average Bonchev–Trinajstić information content (AvgIpc) is 2.09. The summed E-state index contributed by atoms with van der Waals surface area (Å²) in [4.78, 5) is 0. The van der Waals surface area contributed by atoms with Gasteiger partial charge in [-0.1, -0.05) is 12.2 Å². The van der Waals surface area contributed by atoms with Gasteiger partial charge in [-0.3, -0.25) is 0 Å². The van der Waals surface area contributed by atoms with Crippen LogP contribution in [-0.4, -0.2) is 23.4 Å². The van der Waals surface area contributed by atoms with E-state index in [1.165, 1.54) is 11.1 Å². The minimum Gasteiger partial charge on any atom is -0.396 e. The molecule has 0 unspecified atom stereocenters. The van der Waals surface area contributed by atoms with Crippen molar-refractivity contribution in [2.75, 3.05) is 13.2 Å². The van der Waals surface area contributed by atoms with Crippen molar-refractivity contribution < 1.29 is 10.2 Å². The largest absolute Gasteiger partial charge is 0.396 e. The third-order valence-electron chi connectivity index (χ3n) is 2.12. The molecule has 0 fully saturated rings. The summed E-state index contributed by atoms with van der Waals surface area (Å²) in [7, 11) is 0. The van der Waals surface area contributed by atoms with Crippen molar-refractivity contribution in [3.63, 3.8) is 0 Å². The maximum atomic E-state index is 8.77. The number of aliphatic hydroxyl groups excluding tert-OH is 2. The van der Waals surface area contributed by atoms with Gasteiger partial charge in [-0.15, -0.1) is 0 Å². The van der Waals surface area contributed by atoms with Crippen LogP contribution in [0.15, 0.2) is 23.3 Å². The predicted octanol–water partition coefficient (Wildman–Crippen LogP) is 1.40. The molecule has 0 saturated carbocycles. The van der Waals surface area contributed by atoms with E-state index in [0.29, 0.717) is 0 Å². The van der Waals surface area contributed by atoms with E-state index in [9.17, 15) is 0 Å². The third kappa shape index (κ3) is 2.47. The van der Waals surface area contributed by atoms with Crippen LogP contribution in [0.25, 0.3) is 0 Å². The van der Waals surface area contributed by atoms with E-state index in [1.54, 1.807) is 0 Å². The van der Waals surface area contributed by atoms with Crippen LogP contribution in [0.2, 0.25) is 0 Å². The molecule has 0 aromatic rings. The standard InChI is InChI=1S/C10H16O2/c11-7-5-9-3-1-2-4-10(9)6-8-12/h3-4,11-12H,1-2,5-8H2. The van der Waals surface area contributed by atoms with Gasteiger partial charge in [-0.25, -0.2) is 0 Å². The molecule has 1 aliphatic rings. The lowest BCUT2D eigenvalue weighted by Gasteiger charge is -2.14. The first kappa shape index (κ1) is 9.49. The average molecular weight is 168 g/mol. The summed E-state index contributed by atoms with van der Waals surface area (Å²) < 4.78 is 0. The van der Waals surface area contributed by atoms with E-state index in [4.69, 9.17) is 10.2 Å². The molecule has 0 radical (unpaired) electrons. The summed E-state index contributed by atoms with van der Waals surface area (Å²) in [5.41, 5.74) is 2.44. The van der Waals surface area contributed by atoms with Crippen molar-refractivity contribution in [1.29, 1.82) is 0 Å². The number of rotatable bonds is 4. The van der Waals surface area contributed by atoms with E-state index in [0.717, 1.165) is 25.7 Å². The van der Waals surface area contributed by atoms with Crippen molar-refractivity contribution in [3.05, 3.63) is 23.3 Å². The molecule has 0 heterocycles. The monoisotopic (exact) mass is 168 g/mol. The first-order valence-corrected chi connectivity index (χ1v) is 4.48. The Morgan fingerprint density at radius 1 is 0.917 bits per heavy atom. The second-order valence-electron chi connectivity index (χ2n) is 2.98. The van der Waals surface area contributed by atoms with Crippen molar-refractivity contribution in [2.45, 2.75) is 25.7 Å². The Kier molecular flexibility index (Phi) is 4.05. The van der Waals surface area contributed by atoms with Crippen LogP contribution in [0.3, 0.4) is 0 Å². The summed E-state index contributed by atoms with van der Waals surface area (Å²) in [6.07, 6.45) is 7.94. The maximum Gasteiger partial charge on any atom is 0.0471 e. The fourth-order valence-corrected chi connectivity index (χ4v) is 1.54. The van der Waals surface area contributed by atoms with Gasteiger partial charge in [-0.2, -0.15) is 0 Å². The van der Waals surface area contributed by atoms with Gasteiger partial charge in [0.15, 0.2) is 0 Å². The Balaban J connectivity index is 2.55. The Labute approximate surface area is 73.2 Å². The van der Waals surface area contributed by atoms with Gasteiger partial charge in [-0.05, 0) is 36.8 Å². The fraction of sp³-hybridized carbons (Fsp3) is 0.600. The number of hydrogen-bond donors (Lipinski definition) is 2. The molecule has 0 bridgehead atoms. The SMILES string of the molecule is OCCC1=CCCC=C1CCO. The molecule has 2 heteroatoms. The zero-order valence-electron chi connectivity index (χ0n) is 7.29. The first-order valence-electron chi connectivity index (χ1n) is 4.48. The zero-order valence-corrected chi connectivity index (χ0v) is 7.29. The molecular weight excluding hydrogens is 152 g/mol. The molecule has 12 heavy (non-hydrogen) atoms. The van der Waals surface area contributed by atoms with E-state index >= 15 is 0 Å². The minimum atomic E-state index is 0.203. The van der Waals surface area contributed by atoms with Crippen LogP contribution in [0.4, 0.5) is 0 Å². The molecular formula is C10H16O2. The molecule has 0 aromatic carbocycles. The van der Waals surface area contributed by atoms with Gasteiger partial charge in [0.25, 0.3) is 0 Å². The molecule has 68 valence electrons. The van der Waals surface area contributed by atoms with Gasteiger partial charge in [0.2, 0.25) is 0 Å². The third-order valence-corrected chi connectivity index (χ3v) is 2.12. The fourth-order valence-electron chi connectivity index (χ4n) is 1.54. The quantitative estimate of drug-likeness (QED) is 0.666. The van der Waals surface area contributed by atoms with Crippen molar-refractivity contribution in [3.8, 4) is 0 Å². The molecule has 2 N–H and O–H groups in total. The van der Waals surface area contributed by atoms with Crippen LogP contribution in [-0.2, 0) is 0 Å². The molecule has 0 amide bonds. The lowest BCUT2D eigenvalue weighted by molar-refractivity contribution is 0.292.